The zero-order chi connectivity index (χ0) is 18.4. The van der Waals surface area contributed by atoms with Crippen molar-refractivity contribution < 1.29 is 19.0 Å². The van der Waals surface area contributed by atoms with Gasteiger partial charge >= 0.3 is 5.97 Å². The van der Waals surface area contributed by atoms with Crippen molar-refractivity contribution in [3.05, 3.63) is 71.0 Å². The van der Waals surface area contributed by atoms with Gasteiger partial charge in [0.2, 0.25) is 0 Å². The van der Waals surface area contributed by atoms with Crippen molar-refractivity contribution in [1.29, 1.82) is 0 Å². The van der Waals surface area contributed by atoms with Crippen molar-refractivity contribution in [3.8, 4) is 10.6 Å². The van der Waals surface area contributed by atoms with Crippen LogP contribution in [-0.2, 0) is 11.3 Å². The third kappa shape index (κ3) is 4.44. The molecular formula is C19H17FN2O3S. The van der Waals surface area contributed by atoms with Gasteiger partial charge in [-0.25, -0.2) is 14.2 Å². The summed E-state index contributed by atoms with van der Waals surface area (Å²) in [4.78, 5) is 16.7. The Labute approximate surface area is 154 Å². The highest BCUT2D eigenvalue weighted by atomic mass is 32.1. The quantitative estimate of drug-likeness (QED) is 0.619. The van der Waals surface area contributed by atoms with Crippen LogP contribution in [0.25, 0.3) is 10.6 Å². The first-order valence-corrected chi connectivity index (χ1v) is 8.86. The number of carbonyl (C=O) groups excluding carboxylic acids is 1. The molecule has 0 bridgehead atoms. The lowest BCUT2D eigenvalue weighted by atomic mass is 10.2. The number of nitrogens with zero attached hydrogens (tertiary/aromatic N) is 1. The standard InChI is InChI=1S/C19H17FN2O3S/c20-14-7-5-13(6-8-14)18-22-15(12-26-18)11-25-19(24)16-3-1-2-4-17(16)21-9-10-23/h1-8,12,21,23H,9-11H2. The summed E-state index contributed by atoms with van der Waals surface area (Å²) >= 11 is 1.41. The Bertz CT molecular complexity index is 881. The maximum Gasteiger partial charge on any atom is 0.340 e. The molecule has 0 aliphatic heterocycles. The van der Waals surface area contributed by atoms with Crippen LogP contribution in [0.15, 0.2) is 53.9 Å². The van der Waals surface area contributed by atoms with E-state index in [-0.39, 0.29) is 19.0 Å². The van der Waals surface area contributed by atoms with Crippen molar-refractivity contribution in [3.63, 3.8) is 0 Å². The molecule has 26 heavy (non-hydrogen) atoms. The Morgan fingerprint density at radius 1 is 1.19 bits per heavy atom. The number of esters is 1. The number of aliphatic hydroxyl groups is 1. The van der Waals surface area contributed by atoms with E-state index in [0.717, 1.165) is 10.6 Å². The van der Waals surface area contributed by atoms with Gasteiger partial charge in [0, 0.05) is 23.2 Å². The van der Waals surface area contributed by atoms with E-state index in [1.165, 1.54) is 23.5 Å². The number of anilines is 1. The first kappa shape index (κ1) is 18.0. The largest absolute Gasteiger partial charge is 0.455 e. The first-order valence-electron chi connectivity index (χ1n) is 7.98. The van der Waals surface area contributed by atoms with Crippen LogP contribution in [0.1, 0.15) is 16.1 Å². The Hall–Kier alpha value is -2.77. The maximum absolute atomic E-state index is 13.0. The van der Waals surface area contributed by atoms with Crippen molar-refractivity contribution in [2.45, 2.75) is 6.61 Å². The molecule has 0 radical (unpaired) electrons. The molecule has 0 spiro atoms. The number of hydrogen-bond donors (Lipinski definition) is 2. The maximum atomic E-state index is 13.0. The fraction of sp³-hybridized carbons (Fsp3) is 0.158. The van der Waals surface area contributed by atoms with Gasteiger partial charge in [-0.2, -0.15) is 0 Å². The number of carbonyl (C=O) groups is 1. The molecule has 3 rings (SSSR count). The third-order valence-corrected chi connectivity index (χ3v) is 4.51. The molecule has 0 saturated carbocycles. The average Bonchev–Trinajstić information content (AvgIpc) is 3.14. The average molecular weight is 372 g/mol. The Kier molecular flexibility index (Phi) is 5.93. The number of para-hydroxylation sites is 1. The molecule has 0 aliphatic carbocycles. The summed E-state index contributed by atoms with van der Waals surface area (Å²) in [5.41, 5.74) is 2.45. The van der Waals surface area contributed by atoms with Crippen LogP contribution < -0.4 is 5.32 Å². The van der Waals surface area contributed by atoms with E-state index in [0.29, 0.717) is 23.5 Å². The lowest BCUT2D eigenvalue weighted by Gasteiger charge is -2.10. The van der Waals surface area contributed by atoms with Crippen LogP contribution in [0.4, 0.5) is 10.1 Å². The normalized spacial score (nSPS) is 10.5. The fourth-order valence-electron chi connectivity index (χ4n) is 2.32. The van der Waals surface area contributed by atoms with Gasteiger partial charge in [0.05, 0.1) is 17.9 Å². The Morgan fingerprint density at radius 3 is 2.73 bits per heavy atom. The second kappa shape index (κ2) is 8.55. The van der Waals surface area contributed by atoms with Crippen LogP contribution in [0.5, 0.6) is 0 Å². The van der Waals surface area contributed by atoms with Gasteiger partial charge in [-0.05, 0) is 36.4 Å². The molecule has 1 aromatic heterocycles. The van der Waals surface area contributed by atoms with Crippen molar-refractivity contribution in [2.75, 3.05) is 18.5 Å². The number of ether oxygens (including phenoxy) is 1. The van der Waals surface area contributed by atoms with Crippen LogP contribution in [0, 0.1) is 5.82 Å². The van der Waals surface area contributed by atoms with E-state index in [4.69, 9.17) is 9.84 Å². The monoisotopic (exact) mass is 372 g/mol. The smallest absolute Gasteiger partial charge is 0.340 e. The second-order valence-corrected chi connectivity index (χ2v) is 6.28. The molecule has 134 valence electrons. The van der Waals surface area contributed by atoms with Gasteiger partial charge in [0.15, 0.2) is 0 Å². The number of aromatic nitrogens is 1. The Morgan fingerprint density at radius 2 is 1.96 bits per heavy atom. The summed E-state index contributed by atoms with van der Waals surface area (Å²) in [5, 5.41) is 14.4. The molecular weight excluding hydrogens is 355 g/mol. The lowest BCUT2D eigenvalue weighted by molar-refractivity contribution is 0.0469. The van der Waals surface area contributed by atoms with E-state index in [2.05, 4.69) is 10.3 Å². The van der Waals surface area contributed by atoms with Gasteiger partial charge in [0.1, 0.15) is 17.4 Å². The minimum Gasteiger partial charge on any atom is -0.455 e. The van der Waals surface area contributed by atoms with Gasteiger partial charge in [-0.15, -0.1) is 11.3 Å². The van der Waals surface area contributed by atoms with E-state index in [1.54, 1.807) is 36.4 Å². The second-order valence-electron chi connectivity index (χ2n) is 5.42. The SMILES string of the molecule is O=C(OCc1csc(-c2ccc(F)cc2)n1)c1ccccc1NCCO. The predicted octanol–water partition coefficient (Wildman–Crippen LogP) is 3.71. The molecule has 0 aliphatic rings. The molecule has 3 aromatic rings. The van der Waals surface area contributed by atoms with Crippen molar-refractivity contribution in [1.82, 2.24) is 4.98 Å². The van der Waals surface area contributed by atoms with Gasteiger partial charge < -0.3 is 15.2 Å². The molecule has 7 heteroatoms. The zero-order valence-corrected chi connectivity index (χ0v) is 14.6. The number of benzene rings is 2. The molecule has 0 atom stereocenters. The number of thiazole rings is 1. The molecule has 1 heterocycles. The number of nitrogens with one attached hydrogen (secondary N) is 1. The summed E-state index contributed by atoms with van der Waals surface area (Å²) in [6.45, 7) is 0.358. The van der Waals surface area contributed by atoms with Gasteiger partial charge in [-0.1, -0.05) is 12.1 Å². The lowest BCUT2D eigenvalue weighted by Crippen LogP contribution is -2.12. The minimum atomic E-state index is -0.470. The topological polar surface area (TPSA) is 71.5 Å². The molecule has 5 nitrogen and oxygen atoms in total. The van der Waals surface area contributed by atoms with Crippen molar-refractivity contribution in [2.24, 2.45) is 0 Å². The summed E-state index contributed by atoms with van der Waals surface area (Å²) in [6.07, 6.45) is 0. The molecule has 2 N–H and O–H groups in total. The Balaban J connectivity index is 1.64. The van der Waals surface area contributed by atoms with Gasteiger partial charge in [-0.3, -0.25) is 0 Å². The summed E-state index contributed by atoms with van der Waals surface area (Å²) in [6, 6.07) is 13.0. The van der Waals surface area contributed by atoms with Crippen molar-refractivity contribution >= 4 is 23.0 Å². The molecule has 0 amide bonds. The minimum absolute atomic E-state index is 0.0334. The van der Waals surface area contributed by atoms with E-state index >= 15 is 0 Å². The van der Waals surface area contributed by atoms with Crippen LogP contribution in [0.3, 0.4) is 0 Å². The zero-order valence-electron chi connectivity index (χ0n) is 13.8. The molecule has 0 unspecified atom stereocenters. The summed E-state index contributed by atoms with van der Waals surface area (Å²) in [7, 11) is 0. The third-order valence-electron chi connectivity index (χ3n) is 3.57. The number of halogens is 1. The van der Waals surface area contributed by atoms with E-state index < -0.39 is 5.97 Å². The highest BCUT2D eigenvalue weighted by Gasteiger charge is 2.13. The molecule has 0 saturated heterocycles. The van der Waals surface area contributed by atoms with E-state index in [1.807, 2.05) is 5.38 Å². The van der Waals surface area contributed by atoms with Crippen LogP contribution >= 0.6 is 11.3 Å². The summed E-state index contributed by atoms with van der Waals surface area (Å²) < 4.78 is 18.3. The first-order chi connectivity index (χ1) is 12.7. The molecule has 0 fully saturated rings. The van der Waals surface area contributed by atoms with Crippen LogP contribution in [-0.4, -0.2) is 29.2 Å². The number of hydrogen-bond acceptors (Lipinski definition) is 6. The van der Waals surface area contributed by atoms with Crippen LogP contribution in [0.2, 0.25) is 0 Å². The summed E-state index contributed by atoms with van der Waals surface area (Å²) in [5.74, 6) is -0.768. The van der Waals surface area contributed by atoms with E-state index in [9.17, 15) is 9.18 Å². The number of aliphatic hydroxyl groups excluding tert-OH is 1. The van der Waals surface area contributed by atoms with Gasteiger partial charge in [0.25, 0.3) is 0 Å². The predicted molar refractivity (Wildman–Crippen MR) is 98.6 cm³/mol. The highest BCUT2D eigenvalue weighted by molar-refractivity contribution is 7.13. The fourth-order valence-corrected chi connectivity index (χ4v) is 3.13. The number of rotatable bonds is 7. The highest BCUT2D eigenvalue weighted by Crippen LogP contribution is 2.24. The molecule has 2 aromatic carbocycles.